The van der Waals surface area contributed by atoms with Crippen LogP contribution in [0, 0.1) is 0 Å². The van der Waals surface area contributed by atoms with Gasteiger partial charge < -0.3 is 29.1 Å². The normalized spacial score (nSPS) is 23.3. The number of ether oxygens (including phenoxy) is 3. The predicted molar refractivity (Wildman–Crippen MR) is 143 cm³/mol. The van der Waals surface area contributed by atoms with Crippen molar-refractivity contribution in [1.29, 1.82) is 0 Å². The molecular weight excluding hydrogens is 621 g/mol. The van der Waals surface area contributed by atoms with Crippen LogP contribution in [-0.4, -0.2) is 92.9 Å². The minimum Gasteiger partial charge on any atom is -0.480 e. The Morgan fingerprint density at radius 2 is 1.98 bits per heavy atom. The number of nitrogens with zero attached hydrogens (tertiary/aromatic N) is 6. The van der Waals surface area contributed by atoms with Crippen LogP contribution in [0.1, 0.15) is 31.3 Å². The Kier molecular flexibility index (Phi) is 7.73. The van der Waals surface area contributed by atoms with E-state index < -0.39 is 47.8 Å². The van der Waals surface area contributed by atoms with Gasteiger partial charge in [0.1, 0.15) is 40.6 Å². The molecule has 236 valence electrons. The number of aromatic nitrogens is 5. The topological polar surface area (TPSA) is 139 Å². The van der Waals surface area contributed by atoms with E-state index in [0.29, 0.717) is 43.1 Å². The smallest absolute Gasteiger partial charge is 0.432 e. The zero-order valence-corrected chi connectivity index (χ0v) is 23.6. The van der Waals surface area contributed by atoms with Gasteiger partial charge in [-0.2, -0.15) is 18.3 Å². The molecule has 3 atom stereocenters. The standard InChI is InChI=1S/C26H25ClF5N7O5/c1-12-25(10-42-11-25)43-3-2-38(12)17-4-13(27)8-33-23(17)44-14-5-18(24(40)41)39(9-14)20-7-15(34-22(35-20)21(28)29)16-6-19(37-36-16)26(30,31)32/h4,6-8,12,14,18,21H,2-3,5,9-11H2,1H3,(H,36,37)(H,40,41)/t12-,14-,18-/m0/s1. The lowest BCUT2D eigenvalue weighted by atomic mass is 9.90. The summed E-state index contributed by atoms with van der Waals surface area (Å²) < 4.78 is 84.6. The molecule has 0 unspecified atom stereocenters. The number of halogens is 6. The minimum atomic E-state index is -4.76. The van der Waals surface area contributed by atoms with Crippen molar-refractivity contribution >= 4 is 29.1 Å². The molecule has 12 nitrogen and oxygen atoms in total. The number of morpholine rings is 1. The largest absolute Gasteiger partial charge is 0.480 e. The predicted octanol–water partition coefficient (Wildman–Crippen LogP) is 3.98. The SMILES string of the molecule is C[C@@H]1N(c2cc(Cl)cnc2O[C@H]2C[C@@H](C(=O)O)N(c3cc(-c4cc(C(F)(F)F)[nH]n4)nc(C(F)F)n3)C2)CCOC12COC2. The fourth-order valence-electron chi connectivity index (χ4n) is 5.57. The van der Waals surface area contributed by atoms with Crippen molar-refractivity contribution < 1.29 is 46.1 Å². The summed E-state index contributed by atoms with van der Waals surface area (Å²) >= 11 is 6.29. The van der Waals surface area contributed by atoms with Gasteiger partial charge in [-0.15, -0.1) is 0 Å². The quantitative estimate of drug-likeness (QED) is 0.361. The monoisotopic (exact) mass is 645 g/mol. The van der Waals surface area contributed by atoms with Gasteiger partial charge in [0.25, 0.3) is 6.43 Å². The molecule has 6 rings (SSSR count). The van der Waals surface area contributed by atoms with Gasteiger partial charge in [0.15, 0.2) is 5.82 Å². The van der Waals surface area contributed by atoms with Gasteiger partial charge >= 0.3 is 12.1 Å². The molecule has 0 amide bonds. The Bertz CT molecular complexity index is 1560. The highest BCUT2D eigenvalue weighted by Gasteiger charge is 2.50. The highest BCUT2D eigenvalue weighted by atomic mass is 35.5. The van der Waals surface area contributed by atoms with E-state index in [1.165, 1.54) is 11.1 Å². The average molecular weight is 646 g/mol. The first-order chi connectivity index (χ1) is 20.8. The Morgan fingerprint density at radius 3 is 2.61 bits per heavy atom. The molecule has 3 saturated heterocycles. The van der Waals surface area contributed by atoms with E-state index in [9.17, 15) is 31.9 Å². The number of aromatic amines is 1. The molecule has 3 aromatic heterocycles. The molecule has 0 bridgehead atoms. The average Bonchev–Trinajstić information content (AvgIpc) is 3.62. The summed E-state index contributed by atoms with van der Waals surface area (Å²) in [4.78, 5) is 27.4. The van der Waals surface area contributed by atoms with Crippen LogP contribution in [0.15, 0.2) is 24.4 Å². The van der Waals surface area contributed by atoms with Crippen molar-refractivity contribution in [3.63, 3.8) is 0 Å². The summed E-state index contributed by atoms with van der Waals surface area (Å²) in [7, 11) is 0. The highest BCUT2D eigenvalue weighted by molar-refractivity contribution is 6.30. The molecule has 3 aliphatic heterocycles. The van der Waals surface area contributed by atoms with Gasteiger partial charge in [-0.3, -0.25) is 5.10 Å². The van der Waals surface area contributed by atoms with Crippen LogP contribution >= 0.6 is 11.6 Å². The van der Waals surface area contributed by atoms with Gasteiger partial charge in [-0.25, -0.2) is 28.5 Å². The maximum atomic E-state index is 13.8. The van der Waals surface area contributed by atoms with E-state index in [0.717, 1.165) is 6.07 Å². The molecule has 3 aliphatic rings. The van der Waals surface area contributed by atoms with Gasteiger partial charge in [0.2, 0.25) is 5.88 Å². The lowest BCUT2D eigenvalue weighted by Gasteiger charge is -2.53. The summed E-state index contributed by atoms with van der Waals surface area (Å²) in [6, 6.07) is 2.01. The number of H-pyrrole nitrogens is 1. The summed E-state index contributed by atoms with van der Waals surface area (Å²) in [6.07, 6.45) is -7.45. The Balaban J connectivity index is 1.30. The zero-order chi connectivity index (χ0) is 31.4. The lowest BCUT2D eigenvalue weighted by Crippen LogP contribution is -2.68. The first-order valence-electron chi connectivity index (χ1n) is 13.4. The maximum absolute atomic E-state index is 13.8. The van der Waals surface area contributed by atoms with E-state index in [2.05, 4.69) is 20.1 Å². The third kappa shape index (κ3) is 5.59. The molecule has 3 aromatic rings. The number of rotatable bonds is 7. The lowest BCUT2D eigenvalue weighted by molar-refractivity contribution is -0.228. The van der Waals surface area contributed by atoms with Crippen LogP contribution in [0.2, 0.25) is 5.02 Å². The molecule has 0 aliphatic carbocycles. The third-order valence-corrected chi connectivity index (χ3v) is 8.15. The number of carboxylic acids is 1. The van der Waals surface area contributed by atoms with E-state index in [-0.39, 0.29) is 42.1 Å². The van der Waals surface area contributed by atoms with Gasteiger partial charge in [-0.05, 0) is 19.1 Å². The van der Waals surface area contributed by atoms with E-state index in [4.69, 9.17) is 25.8 Å². The van der Waals surface area contributed by atoms with Crippen LogP contribution in [0.5, 0.6) is 5.88 Å². The number of pyridine rings is 1. The fraction of sp³-hybridized carbons (Fsp3) is 0.500. The minimum absolute atomic E-state index is 0.0838. The van der Waals surface area contributed by atoms with Gasteiger partial charge in [0.05, 0.1) is 43.1 Å². The molecule has 1 spiro atoms. The van der Waals surface area contributed by atoms with E-state index in [1.807, 2.05) is 16.9 Å². The van der Waals surface area contributed by atoms with Crippen LogP contribution in [0.4, 0.5) is 33.5 Å². The number of nitrogens with one attached hydrogen (secondary N) is 1. The Labute approximate surface area is 251 Å². The van der Waals surface area contributed by atoms with Crippen LogP contribution in [-0.2, 0) is 20.4 Å². The first kappa shape index (κ1) is 30.2. The number of hydrogen-bond acceptors (Lipinski definition) is 10. The molecule has 3 fully saturated rings. The third-order valence-electron chi connectivity index (χ3n) is 7.94. The second kappa shape index (κ2) is 11.3. The fourth-order valence-corrected chi connectivity index (χ4v) is 5.72. The van der Waals surface area contributed by atoms with Crippen molar-refractivity contribution in [2.75, 3.05) is 42.7 Å². The van der Waals surface area contributed by atoms with Gasteiger partial charge in [0, 0.05) is 25.2 Å². The molecule has 44 heavy (non-hydrogen) atoms. The number of alkyl halides is 5. The van der Waals surface area contributed by atoms with E-state index in [1.54, 1.807) is 6.07 Å². The molecular formula is C26H25ClF5N7O5. The summed E-state index contributed by atoms with van der Waals surface area (Å²) in [5.74, 6) is -2.34. The molecule has 0 saturated carbocycles. The second-order valence-corrected chi connectivity index (χ2v) is 11.1. The Morgan fingerprint density at radius 1 is 1.20 bits per heavy atom. The van der Waals surface area contributed by atoms with Crippen LogP contribution in [0.25, 0.3) is 11.4 Å². The molecule has 2 N–H and O–H groups in total. The van der Waals surface area contributed by atoms with Crippen molar-refractivity contribution in [1.82, 2.24) is 25.1 Å². The number of anilines is 2. The first-order valence-corrected chi connectivity index (χ1v) is 13.8. The Hall–Kier alpha value is -3.83. The highest BCUT2D eigenvalue weighted by Crippen LogP contribution is 2.40. The zero-order valence-electron chi connectivity index (χ0n) is 22.9. The summed E-state index contributed by atoms with van der Waals surface area (Å²) in [6.45, 7) is 3.62. The maximum Gasteiger partial charge on any atom is 0.432 e. The van der Waals surface area contributed by atoms with Crippen molar-refractivity contribution in [3.8, 4) is 17.3 Å². The second-order valence-electron chi connectivity index (χ2n) is 10.7. The van der Waals surface area contributed by atoms with Gasteiger partial charge in [-0.1, -0.05) is 11.6 Å². The number of carbonyl (C=O) groups is 1. The molecule has 0 aromatic carbocycles. The number of hydrogen-bond donors (Lipinski definition) is 2. The molecule has 0 radical (unpaired) electrons. The van der Waals surface area contributed by atoms with Crippen molar-refractivity contribution in [2.45, 2.75) is 49.7 Å². The van der Waals surface area contributed by atoms with Crippen LogP contribution < -0.4 is 14.5 Å². The number of aliphatic carboxylic acids is 1. The molecule has 6 heterocycles. The van der Waals surface area contributed by atoms with Crippen LogP contribution in [0.3, 0.4) is 0 Å². The van der Waals surface area contributed by atoms with Crippen molar-refractivity contribution in [2.24, 2.45) is 0 Å². The number of carboxylic acid groups (broad SMARTS) is 1. The summed E-state index contributed by atoms with van der Waals surface area (Å²) in [5.41, 5.74) is -1.86. The van der Waals surface area contributed by atoms with Crippen molar-refractivity contribution in [3.05, 3.63) is 40.9 Å². The summed E-state index contributed by atoms with van der Waals surface area (Å²) in [5, 5.41) is 15.7. The van der Waals surface area contributed by atoms with E-state index >= 15 is 0 Å². The molecule has 18 heteroatoms.